The molecule has 0 aliphatic carbocycles. The topological polar surface area (TPSA) is 52.5 Å². The van der Waals surface area contributed by atoms with E-state index in [2.05, 4.69) is 121 Å². The number of aromatic hydroxyl groups is 1. The van der Waals surface area contributed by atoms with Crippen LogP contribution in [-0.4, -0.2) is 26.1 Å². The predicted octanol–water partition coefficient (Wildman–Crippen LogP) is 8.95. The van der Waals surface area contributed by atoms with E-state index < -0.39 is 0 Å². The Morgan fingerprint density at radius 2 is 1.47 bits per heavy atom. The van der Waals surface area contributed by atoms with E-state index in [9.17, 15) is 5.11 Å². The minimum absolute atomic E-state index is 0. The maximum absolute atomic E-state index is 10.8. The van der Waals surface area contributed by atoms with Gasteiger partial charge in [0.15, 0.2) is 0 Å². The Labute approximate surface area is 279 Å². The smallest absolute Gasteiger partial charge is 0.129 e. The molecule has 0 bridgehead atoms. The number of phenols is 1. The number of hydrogen-bond acceptors (Lipinski definition) is 5. The number of phenolic OH excluding ortho intramolecular Hbond substituents is 1. The van der Waals surface area contributed by atoms with Crippen molar-refractivity contribution < 1.29 is 26.2 Å². The number of allylic oxidation sites excluding steroid dienone is 2. The number of nitrogens with zero attached hydrogens (tertiary/aromatic N) is 4. The second-order valence-electron chi connectivity index (χ2n) is 12.1. The molecule has 0 fully saturated rings. The van der Waals surface area contributed by atoms with E-state index in [1.54, 1.807) is 6.07 Å². The van der Waals surface area contributed by atoms with Gasteiger partial charge >= 0.3 is 0 Å². The summed E-state index contributed by atoms with van der Waals surface area (Å²) in [5, 5.41) is 10.8. The molecule has 0 saturated heterocycles. The van der Waals surface area contributed by atoms with Gasteiger partial charge in [0.05, 0.1) is 11.4 Å². The van der Waals surface area contributed by atoms with Gasteiger partial charge in [0.25, 0.3) is 0 Å². The molecule has 0 amide bonds. The third-order valence-corrected chi connectivity index (χ3v) is 8.11. The molecule has 2 aromatic heterocycles. The molecular weight excluding hydrogens is 736 g/mol. The minimum atomic E-state index is 0. The van der Waals surface area contributed by atoms with Gasteiger partial charge in [-0.1, -0.05) is 80.4 Å². The molecule has 2 aliphatic heterocycles. The maximum atomic E-state index is 10.8. The Balaban J connectivity index is 0.00000357. The Hall–Kier alpha value is -4.73. The minimum Gasteiger partial charge on any atom is -0.507 e. The summed E-state index contributed by atoms with van der Waals surface area (Å²) in [5.74, 6) is 0.189. The zero-order valence-electron chi connectivity index (χ0n) is 25.3. The van der Waals surface area contributed by atoms with E-state index in [1.807, 2.05) is 48.7 Å². The van der Waals surface area contributed by atoms with Gasteiger partial charge in [0, 0.05) is 68.4 Å². The monoisotopic (exact) mass is 768 g/mol. The summed E-state index contributed by atoms with van der Waals surface area (Å²) in [6, 6.07) is 33.9. The van der Waals surface area contributed by atoms with E-state index in [0.717, 1.165) is 39.3 Å². The molecule has 2 aliphatic rings. The molecule has 4 heterocycles. The van der Waals surface area contributed by atoms with Gasteiger partial charge in [-0.25, -0.2) is 0 Å². The van der Waals surface area contributed by atoms with E-state index in [-0.39, 0.29) is 38.4 Å². The fraction of sp³-hybridized carbons (Fsp3) is 0.128. The fourth-order valence-corrected chi connectivity index (χ4v) is 5.74. The van der Waals surface area contributed by atoms with Crippen molar-refractivity contribution in [2.45, 2.75) is 32.4 Å². The molecule has 0 saturated carbocycles. The molecule has 0 radical (unpaired) electrons. The number of rotatable bonds is 5. The quantitative estimate of drug-likeness (QED) is 0.181. The molecule has 5 nitrogen and oxygen atoms in total. The standard InChI is InChI=1S/C39H33N4O.Pt/c1-39(2,3)30-18-19-40-33(26-30)27-11-10-12-28(23-27)34-24-29(25-35(41-34)32-14-5-7-16-37(32)44)31-13-4-6-15-36(31)43-22-21-42-20-9-8-17-38(42)43;/h4-22,24-26,38,44H,1-3H3;/q-1;. The molecule has 6 heteroatoms. The van der Waals surface area contributed by atoms with Crippen LogP contribution in [0.1, 0.15) is 26.3 Å². The van der Waals surface area contributed by atoms with Crippen LogP contribution in [0.3, 0.4) is 0 Å². The molecule has 7 rings (SSSR count). The van der Waals surface area contributed by atoms with E-state index in [0.29, 0.717) is 11.3 Å². The molecule has 45 heavy (non-hydrogen) atoms. The largest absolute Gasteiger partial charge is 0.507 e. The Morgan fingerprint density at radius 3 is 2.27 bits per heavy atom. The van der Waals surface area contributed by atoms with E-state index >= 15 is 0 Å². The average Bonchev–Trinajstić information content (AvgIpc) is 3.49. The average molecular weight is 769 g/mol. The summed E-state index contributed by atoms with van der Waals surface area (Å²) in [7, 11) is 0. The van der Waals surface area contributed by atoms with Crippen LogP contribution in [-0.2, 0) is 26.5 Å². The summed E-state index contributed by atoms with van der Waals surface area (Å²) in [5.41, 5.74) is 9.15. The summed E-state index contributed by atoms with van der Waals surface area (Å²) in [6.07, 6.45) is 14.5. The van der Waals surface area contributed by atoms with E-state index in [4.69, 9.17) is 4.98 Å². The molecule has 5 aromatic rings. The van der Waals surface area contributed by atoms with Gasteiger partial charge in [-0.2, -0.15) is 0 Å². The van der Waals surface area contributed by atoms with Gasteiger partial charge in [-0.3, -0.25) is 9.97 Å². The molecule has 1 atom stereocenters. The summed E-state index contributed by atoms with van der Waals surface area (Å²) < 4.78 is 0. The van der Waals surface area contributed by atoms with Crippen molar-refractivity contribution in [2.24, 2.45) is 0 Å². The summed E-state index contributed by atoms with van der Waals surface area (Å²) in [6.45, 7) is 6.62. The third kappa shape index (κ3) is 6.01. The number of benzene rings is 3. The second-order valence-corrected chi connectivity index (χ2v) is 12.1. The number of pyridine rings is 2. The van der Waals surface area contributed by atoms with Crippen molar-refractivity contribution in [2.75, 3.05) is 4.90 Å². The van der Waals surface area contributed by atoms with Crippen LogP contribution in [0.4, 0.5) is 5.69 Å². The Bertz CT molecular complexity index is 1960. The molecule has 1 unspecified atom stereocenters. The van der Waals surface area contributed by atoms with Crippen LogP contribution in [0, 0.1) is 6.07 Å². The van der Waals surface area contributed by atoms with Crippen molar-refractivity contribution in [3.05, 3.63) is 146 Å². The fourth-order valence-electron chi connectivity index (χ4n) is 5.74. The van der Waals surface area contributed by atoms with Crippen LogP contribution in [0.2, 0.25) is 0 Å². The van der Waals surface area contributed by atoms with Crippen molar-refractivity contribution in [1.29, 1.82) is 0 Å². The van der Waals surface area contributed by atoms with Crippen molar-refractivity contribution in [3.8, 4) is 50.6 Å². The first-order valence-corrected chi connectivity index (χ1v) is 14.8. The maximum Gasteiger partial charge on any atom is 0.129 e. The number of aromatic nitrogens is 2. The van der Waals surface area contributed by atoms with Crippen molar-refractivity contribution in [1.82, 2.24) is 14.9 Å². The van der Waals surface area contributed by atoms with Crippen LogP contribution in [0.15, 0.2) is 134 Å². The number of anilines is 1. The zero-order valence-corrected chi connectivity index (χ0v) is 27.6. The second kappa shape index (κ2) is 12.3. The molecule has 3 aromatic carbocycles. The number of hydrogen-bond donors (Lipinski definition) is 1. The molecule has 1 N–H and O–H groups in total. The van der Waals surface area contributed by atoms with Crippen LogP contribution in [0.5, 0.6) is 5.75 Å². The van der Waals surface area contributed by atoms with Gasteiger partial charge in [0.2, 0.25) is 0 Å². The Morgan fingerprint density at radius 1 is 0.733 bits per heavy atom. The summed E-state index contributed by atoms with van der Waals surface area (Å²) in [4.78, 5) is 14.2. The Kier molecular flexibility index (Phi) is 8.31. The van der Waals surface area contributed by atoms with Crippen molar-refractivity contribution >= 4 is 5.69 Å². The van der Waals surface area contributed by atoms with Gasteiger partial charge in [0.1, 0.15) is 11.9 Å². The van der Waals surface area contributed by atoms with Gasteiger partial charge in [-0.05, 0) is 59.0 Å². The predicted molar refractivity (Wildman–Crippen MR) is 179 cm³/mol. The number of para-hydroxylation sites is 2. The van der Waals surface area contributed by atoms with Crippen LogP contribution in [0.25, 0.3) is 44.9 Å². The van der Waals surface area contributed by atoms with Gasteiger partial charge < -0.3 is 14.9 Å². The van der Waals surface area contributed by atoms with Crippen LogP contribution < -0.4 is 4.90 Å². The number of fused-ring (bicyclic) bond motifs is 1. The first kappa shape index (κ1) is 30.3. The first-order valence-electron chi connectivity index (χ1n) is 14.8. The zero-order chi connectivity index (χ0) is 30.3. The van der Waals surface area contributed by atoms with Crippen LogP contribution >= 0.6 is 0 Å². The molecule has 0 spiro atoms. The van der Waals surface area contributed by atoms with E-state index in [1.165, 1.54) is 5.56 Å². The molecular formula is C39H33N4OPt-. The first-order chi connectivity index (χ1) is 21.3. The molecule has 226 valence electrons. The summed E-state index contributed by atoms with van der Waals surface area (Å²) >= 11 is 0. The SMILES string of the molecule is CC(C)(C)c1ccnc(-c2[c-]c(-c3cc(-c4ccccc4N4C=CN5C=CC=CC54)cc(-c4ccccc4O)n3)ccc2)c1.[Pt]. The van der Waals surface area contributed by atoms with Gasteiger partial charge in [-0.15, -0.1) is 24.3 Å². The van der Waals surface area contributed by atoms with Crippen molar-refractivity contribution in [3.63, 3.8) is 0 Å². The normalized spacial score (nSPS) is 15.2. The third-order valence-electron chi connectivity index (χ3n) is 8.11.